The molecule has 8 heteroatoms. The van der Waals surface area contributed by atoms with Crippen LogP contribution in [-0.2, 0) is 9.47 Å². The second-order valence-corrected chi connectivity index (χ2v) is 3.31. The summed E-state index contributed by atoms with van der Waals surface area (Å²) in [6.07, 6.45) is 0. The monoisotopic (exact) mass is 269 g/mol. The number of nitro groups is 1. The molecule has 0 amide bonds. The predicted molar refractivity (Wildman–Crippen MR) is 62.3 cm³/mol. The van der Waals surface area contributed by atoms with Gasteiger partial charge < -0.3 is 14.2 Å². The van der Waals surface area contributed by atoms with Crippen molar-refractivity contribution in [1.29, 1.82) is 0 Å². The molecule has 0 heterocycles. The predicted octanol–water partition coefficient (Wildman–Crippen LogP) is 1.18. The van der Waals surface area contributed by atoms with Crippen LogP contribution in [0.2, 0.25) is 0 Å². The van der Waals surface area contributed by atoms with Gasteiger partial charge in [0.2, 0.25) is 0 Å². The van der Waals surface area contributed by atoms with Gasteiger partial charge in [-0.25, -0.2) is 9.59 Å². The summed E-state index contributed by atoms with van der Waals surface area (Å²) in [4.78, 5) is 33.2. The molecule has 0 unspecified atom stereocenters. The SMILES string of the molecule is COC(=O)c1cc(OC)c([N+](=O)[O-])c(C(=O)OC)c1. The number of hydrogen-bond acceptors (Lipinski definition) is 7. The van der Waals surface area contributed by atoms with E-state index < -0.39 is 22.5 Å². The lowest BCUT2D eigenvalue weighted by atomic mass is 10.1. The maximum absolute atomic E-state index is 11.5. The van der Waals surface area contributed by atoms with Gasteiger partial charge in [0.15, 0.2) is 5.75 Å². The van der Waals surface area contributed by atoms with Crippen LogP contribution in [0.5, 0.6) is 5.75 Å². The molecule has 8 nitrogen and oxygen atoms in total. The molecule has 0 N–H and O–H groups in total. The van der Waals surface area contributed by atoms with Crippen LogP contribution < -0.4 is 4.74 Å². The van der Waals surface area contributed by atoms with E-state index in [1.165, 1.54) is 7.11 Å². The number of methoxy groups -OCH3 is 3. The molecule has 0 fully saturated rings. The number of esters is 2. The van der Waals surface area contributed by atoms with E-state index in [4.69, 9.17) is 4.74 Å². The summed E-state index contributed by atoms with van der Waals surface area (Å²) in [5.74, 6) is -1.93. The lowest BCUT2D eigenvalue weighted by Gasteiger charge is -2.08. The van der Waals surface area contributed by atoms with Gasteiger partial charge in [0.05, 0.1) is 31.8 Å². The topological polar surface area (TPSA) is 105 Å². The van der Waals surface area contributed by atoms with Crippen molar-refractivity contribution >= 4 is 17.6 Å². The van der Waals surface area contributed by atoms with Crippen LogP contribution in [0, 0.1) is 10.1 Å². The first-order valence-corrected chi connectivity index (χ1v) is 4.99. The first-order chi connectivity index (χ1) is 8.96. The molecule has 102 valence electrons. The Morgan fingerprint density at radius 3 is 2.11 bits per heavy atom. The Morgan fingerprint density at radius 1 is 1.11 bits per heavy atom. The Bertz CT molecular complexity index is 538. The summed E-state index contributed by atoms with van der Waals surface area (Å²) in [5, 5.41) is 11.0. The molecule has 0 aliphatic rings. The average molecular weight is 269 g/mol. The largest absolute Gasteiger partial charge is 0.490 e. The van der Waals surface area contributed by atoms with Crippen LogP contribution >= 0.6 is 0 Å². The Morgan fingerprint density at radius 2 is 1.68 bits per heavy atom. The minimum atomic E-state index is -0.948. The van der Waals surface area contributed by atoms with Crippen LogP contribution in [0.3, 0.4) is 0 Å². The third-order valence-electron chi connectivity index (χ3n) is 2.30. The molecule has 0 aromatic heterocycles. The number of carbonyl (C=O) groups is 2. The summed E-state index contributed by atoms with van der Waals surface area (Å²) in [7, 11) is 3.40. The lowest BCUT2D eigenvalue weighted by molar-refractivity contribution is -0.386. The molecule has 0 aliphatic heterocycles. The first-order valence-electron chi connectivity index (χ1n) is 4.99. The van der Waals surface area contributed by atoms with Crippen LogP contribution in [-0.4, -0.2) is 38.2 Å². The van der Waals surface area contributed by atoms with E-state index in [0.29, 0.717) is 0 Å². The zero-order valence-corrected chi connectivity index (χ0v) is 10.5. The van der Waals surface area contributed by atoms with Crippen molar-refractivity contribution in [2.75, 3.05) is 21.3 Å². The van der Waals surface area contributed by atoms with Crippen molar-refractivity contribution in [3.05, 3.63) is 33.4 Å². The van der Waals surface area contributed by atoms with E-state index in [1.54, 1.807) is 0 Å². The van der Waals surface area contributed by atoms with Gasteiger partial charge in [0, 0.05) is 6.07 Å². The van der Waals surface area contributed by atoms with Gasteiger partial charge in [-0.3, -0.25) is 10.1 Å². The lowest BCUT2D eigenvalue weighted by Crippen LogP contribution is -2.10. The van der Waals surface area contributed by atoms with Gasteiger partial charge in [-0.15, -0.1) is 0 Å². The summed E-state index contributed by atoms with van der Waals surface area (Å²) >= 11 is 0. The molecular formula is C11H11NO7. The summed E-state index contributed by atoms with van der Waals surface area (Å²) in [6.45, 7) is 0. The highest BCUT2D eigenvalue weighted by Crippen LogP contribution is 2.33. The zero-order valence-electron chi connectivity index (χ0n) is 10.5. The summed E-state index contributed by atoms with van der Waals surface area (Å²) in [5.41, 5.74) is -1.00. The molecule has 0 spiro atoms. The van der Waals surface area contributed by atoms with E-state index >= 15 is 0 Å². The van der Waals surface area contributed by atoms with Crippen molar-refractivity contribution in [3.63, 3.8) is 0 Å². The van der Waals surface area contributed by atoms with Crippen LogP contribution in [0.4, 0.5) is 5.69 Å². The van der Waals surface area contributed by atoms with E-state index in [2.05, 4.69) is 9.47 Å². The summed E-state index contributed by atoms with van der Waals surface area (Å²) < 4.78 is 13.8. The van der Waals surface area contributed by atoms with E-state index in [-0.39, 0.29) is 16.9 Å². The molecule has 0 radical (unpaired) electrons. The molecule has 0 bridgehead atoms. The van der Waals surface area contributed by atoms with Crippen LogP contribution in [0.15, 0.2) is 12.1 Å². The third-order valence-corrected chi connectivity index (χ3v) is 2.30. The van der Waals surface area contributed by atoms with Gasteiger partial charge in [0.25, 0.3) is 0 Å². The van der Waals surface area contributed by atoms with Gasteiger partial charge in [0.1, 0.15) is 5.56 Å². The van der Waals surface area contributed by atoms with E-state index in [9.17, 15) is 19.7 Å². The molecule has 0 saturated heterocycles. The Hall–Kier alpha value is -2.64. The Balaban J connectivity index is 3.58. The molecular weight excluding hydrogens is 258 g/mol. The van der Waals surface area contributed by atoms with Crippen molar-refractivity contribution in [3.8, 4) is 5.75 Å². The highest BCUT2D eigenvalue weighted by atomic mass is 16.6. The second-order valence-electron chi connectivity index (χ2n) is 3.31. The minimum absolute atomic E-state index is 0.0506. The van der Waals surface area contributed by atoms with Crippen molar-refractivity contribution in [2.24, 2.45) is 0 Å². The summed E-state index contributed by atoms with van der Waals surface area (Å²) in [6, 6.07) is 2.15. The Labute approximate surface area is 108 Å². The quantitative estimate of drug-likeness (QED) is 0.459. The number of ether oxygens (including phenoxy) is 3. The number of rotatable bonds is 4. The number of nitro benzene ring substituents is 1. The van der Waals surface area contributed by atoms with Crippen molar-refractivity contribution in [1.82, 2.24) is 0 Å². The average Bonchev–Trinajstić information content (AvgIpc) is 2.43. The van der Waals surface area contributed by atoms with Gasteiger partial charge in [-0.1, -0.05) is 0 Å². The number of nitrogens with zero attached hydrogens (tertiary/aromatic N) is 1. The van der Waals surface area contributed by atoms with E-state index in [0.717, 1.165) is 26.4 Å². The van der Waals surface area contributed by atoms with Crippen molar-refractivity contribution < 1.29 is 28.7 Å². The smallest absolute Gasteiger partial charge is 0.345 e. The van der Waals surface area contributed by atoms with Gasteiger partial charge >= 0.3 is 17.6 Å². The Kier molecular flexibility index (Phi) is 4.41. The molecule has 0 aliphatic carbocycles. The van der Waals surface area contributed by atoms with E-state index in [1.807, 2.05) is 0 Å². The van der Waals surface area contributed by atoms with Crippen molar-refractivity contribution in [2.45, 2.75) is 0 Å². The minimum Gasteiger partial charge on any atom is -0.490 e. The molecule has 1 aromatic rings. The molecule has 1 aromatic carbocycles. The first kappa shape index (κ1) is 14.4. The standard InChI is InChI=1S/C11H11NO7/c1-17-8-5-6(10(13)18-2)4-7(11(14)19-3)9(8)12(15)16/h4-5H,1-3H3. The number of hydrogen-bond donors (Lipinski definition) is 0. The van der Waals surface area contributed by atoms with Crippen LogP contribution in [0.25, 0.3) is 0 Å². The fraction of sp³-hybridized carbons (Fsp3) is 0.273. The third kappa shape index (κ3) is 2.79. The normalized spacial score (nSPS) is 9.63. The number of carbonyl (C=O) groups excluding carboxylic acids is 2. The molecule has 0 atom stereocenters. The highest BCUT2D eigenvalue weighted by molar-refractivity contribution is 5.99. The molecule has 19 heavy (non-hydrogen) atoms. The van der Waals surface area contributed by atoms with Gasteiger partial charge in [-0.2, -0.15) is 0 Å². The van der Waals surface area contributed by atoms with Crippen LogP contribution in [0.1, 0.15) is 20.7 Å². The fourth-order valence-corrected chi connectivity index (χ4v) is 1.45. The highest BCUT2D eigenvalue weighted by Gasteiger charge is 2.29. The molecule has 0 saturated carbocycles. The number of benzene rings is 1. The molecule has 1 rings (SSSR count). The fourth-order valence-electron chi connectivity index (χ4n) is 1.45. The maximum Gasteiger partial charge on any atom is 0.345 e. The van der Waals surface area contributed by atoms with Gasteiger partial charge in [-0.05, 0) is 6.07 Å². The second kappa shape index (κ2) is 5.80. The maximum atomic E-state index is 11.5. The zero-order chi connectivity index (χ0) is 14.6.